The summed E-state index contributed by atoms with van der Waals surface area (Å²) in [6.45, 7) is 8.57. The summed E-state index contributed by atoms with van der Waals surface area (Å²) in [6, 6.07) is 0. The van der Waals surface area contributed by atoms with Gasteiger partial charge in [0.1, 0.15) is 0 Å². The summed E-state index contributed by atoms with van der Waals surface area (Å²) >= 11 is 0. The lowest BCUT2D eigenvalue weighted by atomic mass is 9.99. The summed E-state index contributed by atoms with van der Waals surface area (Å²) in [5, 5.41) is 3.37. The fraction of sp³-hybridized carbons (Fsp3) is 0.700. The predicted molar refractivity (Wildman–Crippen MR) is 55.9 cm³/mol. The fourth-order valence-electron chi connectivity index (χ4n) is 1.48. The van der Waals surface area contributed by atoms with Crippen molar-refractivity contribution < 1.29 is 0 Å². The second-order valence-electron chi connectivity index (χ2n) is 4.17. The molecule has 0 bridgehead atoms. The third kappa shape index (κ3) is 3.09. The van der Waals surface area contributed by atoms with E-state index in [1.165, 1.54) is 6.42 Å². The number of aromatic amines is 1. The minimum Gasteiger partial charge on any atom is -0.351 e. The van der Waals surface area contributed by atoms with Crippen LogP contribution in [0.25, 0.3) is 0 Å². The van der Waals surface area contributed by atoms with Crippen LogP contribution >= 0.6 is 0 Å². The first-order chi connectivity index (χ1) is 6.03. The normalized spacial score (nSPS) is 11.7. The predicted octanol–water partition coefficient (Wildman–Crippen LogP) is 2.71. The third-order valence-corrected chi connectivity index (χ3v) is 2.03. The SMILES string of the molecule is CCCC(C)(C)Nc1ncc(C)[nH]1. The molecule has 0 saturated heterocycles. The van der Waals surface area contributed by atoms with Crippen LogP contribution in [0.15, 0.2) is 6.20 Å². The van der Waals surface area contributed by atoms with Crippen molar-refractivity contribution in [3.8, 4) is 0 Å². The molecule has 13 heavy (non-hydrogen) atoms. The summed E-state index contributed by atoms with van der Waals surface area (Å²) in [4.78, 5) is 7.38. The Bertz CT molecular complexity index is 263. The minimum absolute atomic E-state index is 0.124. The van der Waals surface area contributed by atoms with E-state index in [1.54, 1.807) is 0 Å². The first-order valence-corrected chi connectivity index (χ1v) is 4.83. The largest absolute Gasteiger partial charge is 0.351 e. The van der Waals surface area contributed by atoms with Gasteiger partial charge in [-0.1, -0.05) is 13.3 Å². The van der Waals surface area contributed by atoms with Gasteiger partial charge in [0.25, 0.3) is 0 Å². The molecule has 2 N–H and O–H groups in total. The molecule has 74 valence electrons. The number of H-pyrrole nitrogens is 1. The lowest BCUT2D eigenvalue weighted by molar-refractivity contribution is 0.507. The van der Waals surface area contributed by atoms with Gasteiger partial charge in [-0.15, -0.1) is 0 Å². The first kappa shape index (κ1) is 10.1. The van der Waals surface area contributed by atoms with Crippen LogP contribution in [0.2, 0.25) is 0 Å². The van der Waals surface area contributed by atoms with Crippen LogP contribution < -0.4 is 5.32 Å². The van der Waals surface area contributed by atoms with Crippen LogP contribution in [0.5, 0.6) is 0 Å². The monoisotopic (exact) mass is 181 g/mol. The van der Waals surface area contributed by atoms with Crippen LogP contribution in [-0.2, 0) is 0 Å². The van der Waals surface area contributed by atoms with E-state index in [1.807, 2.05) is 13.1 Å². The Morgan fingerprint density at radius 3 is 2.69 bits per heavy atom. The topological polar surface area (TPSA) is 40.7 Å². The second-order valence-corrected chi connectivity index (χ2v) is 4.17. The zero-order valence-electron chi connectivity index (χ0n) is 8.94. The highest BCUT2D eigenvalue weighted by Gasteiger charge is 2.16. The molecule has 0 spiro atoms. The number of imidazole rings is 1. The number of hydrogen-bond donors (Lipinski definition) is 2. The summed E-state index contributed by atoms with van der Waals surface area (Å²) in [7, 11) is 0. The molecule has 0 aliphatic carbocycles. The molecule has 0 fully saturated rings. The van der Waals surface area contributed by atoms with Crippen LogP contribution in [0, 0.1) is 6.92 Å². The van der Waals surface area contributed by atoms with E-state index in [2.05, 4.69) is 36.1 Å². The smallest absolute Gasteiger partial charge is 0.200 e. The quantitative estimate of drug-likeness (QED) is 0.749. The van der Waals surface area contributed by atoms with E-state index >= 15 is 0 Å². The molecule has 0 unspecified atom stereocenters. The molecule has 0 saturated carbocycles. The number of aromatic nitrogens is 2. The Balaban J connectivity index is 2.57. The molecule has 0 aromatic carbocycles. The summed E-state index contributed by atoms with van der Waals surface area (Å²) in [5.41, 5.74) is 1.22. The van der Waals surface area contributed by atoms with Gasteiger partial charge in [0, 0.05) is 17.4 Å². The molecule has 0 atom stereocenters. The average Bonchev–Trinajstić information content (AvgIpc) is 2.34. The number of anilines is 1. The van der Waals surface area contributed by atoms with E-state index in [0.717, 1.165) is 18.1 Å². The molecule has 0 aliphatic heterocycles. The zero-order valence-corrected chi connectivity index (χ0v) is 8.94. The number of nitrogens with one attached hydrogen (secondary N) is 2. The molecule has 3 heteroatoms. The van der Waals surface area contributed by atoms with E-state index in [9.17, 15) is 0 Å². The summed E-state index contributed by atoms with van der Waals surface area (Å²) in [6.07, 6.45) is 4.16. The number of hydrogen-bond acceptors (Lipinski definition) is 2. The van der Waals surface area contributed by atoms with Crippen molar-refractivity contribution in [3.05, 3.63) is 11.9 Å². The van der Waals surface area contributed by atoms with E-state index in [4.69, 9.17) is 0 Å². The molecular weight excluding hydrogens is 162 g/mol. The highest BCUT2D eigenvalue weighted by atomic mass is 15.1. The van der Waals surface area contributed by atoms with Gasteiger partial charge in [-0.2, -0.15) is 0 Å². The highest BCUT2D eigenvalue weighted by molar-refractivity contribution is 5.29. The van der Waals surface area contributed by atoms with Crippen molar-refractivity contribution in [2.45, 2.75) is 46.1 Å². The van der Waals surface area contributed by atoms with E-state index < -0.39 is 0 Å². The Hall–Kier alpha value is -0.990. The van der Waals surface area contributed by atoms with Crippen LogP contribution in [0.3, 0.4) is 0 Å². The van der Waals surface area contributed by atoms with Crippen molar-refractivity contribution in [3.63, 3.8) is 0 Å². The number of rotatable bonds is 4. The maximum Gasteiger partial charge on any atom is 0.200 e. The Kier molecular flexibility index (Phi) is 2.96. The molecule has 1 heterocycles. The van der Waals surface area contributed by atoms with Gasteiger partial charge in [-0.05, 0) is 27.2 Å². The van der Waals surface area contributed by atoms with Crippen LogP contribution in [-0.4, -0.2) is 15.5 Å². The number of nitrogens with zero attached hydrogens (tertiary/aromatic N) is 1. The van der Waals surface area contributed by atoms with Gasteiger partial charge >= 0.3 is 0 Å². The van der Waals surface area contributed by atoms with Crippen molar-refractivity contribution in [2.75, 3.05) is 5.32 Å². The molecule has 3 nitrogen and oxygen atoms in total. The summed E-state index contributed by atoms with van der Waals surface area (Å²) < 4.78 is 0. The first-order valence-electron chi connectivity index (χ1n) is 4.83. The Morgan fingerprint density at radius 1 is 1.54 bits per heavy atom. The van der Waals surface area contributed by atoms with E-state index in [0.29, 0.717) is 0 Å². The zero-order chi connectivity index (χ0) is 9.90. The minimum atomic E-state index is 0.124. The van der Waals surface area contributed by atoms with Gasteiger partial charge in [0.2, 0.25) is 5.95 Å². The molecule has 0 amide bonds. The molecule has 0 radical (unpaired) electrons. The molecule has 1 aromatic rings. The van der Waals surface area contributed by atoms with Crippen molar-refractivity contribution in [2.24, 2.45) is 0 Å². The van der Waals surface area contributed by atoms with Crippen molar-refractivity contribution in [1.82, 2.24) is 9.97 Å². The van der Waals surface area contributed by atoms with Crippen molar-refractivity contribution >= 4 is 5.95 Å². The van der Waals surface area contributed by atoms with Gasteiger partial charge in [0.05, 0.1) is 0 Å². The molecular formula is C10H19N3. The van der Waals surface area contributed by atoms with Gasteiger partial charge in [0.15, 0.2) is 0 Å². The molecule has 1 rings (SSSR count). The third-order valence-electron chi connectivity index (χ3n) is 2.03. The van der Waals surface area contributed by atoms with Gasteiger partial charge in [-0.3, -0.25) is 0 Å². The van der Waals surface area contributed by atoms with Gasteiger partial charge in [-0.25, -0.2) is 4.98 Å². The fourth-order valence-corrected chi connectivity index (χ4v) is 1.48. The van der Waals surface area contributed by atoms with Gasteiger partial charge < -0.3 is 10.3 Å². The Morgan fingerprint density at radius 2 is 2.23 bits per heavy atom. The maximum atomic E-state index is 4.22. The van der Waals surface area contributed by atoms with Crippen molar-refractivity contribution in [1.29, 1.82) is 0 Å². The summed E-state index contributed by atoms with van der Waals surface area (Å²) in [5.74, 6) is 0.871. The standard InChI is InChI=1S/C10H19N3/c1-5-6-10(3,4)13-9-11-7-8(2)12-9/h7H,5-6H2,1-4H3,(H2,11,12,13). The lowest BCUT2D eigenvalue weighted by Gasteiger charge is -2.25. The Labute approximate surface area is 80.0 Å². The average molecular weight is 181 g/mol. The second kappa shape index (κ2) is 3.81. The highest BCUT2D eigenvalue weighted by Crippen LogP contribution is 2.16. The van der Waals surface area contributed by atoms with Crippen LogP contribution in [0.1, 0.15) is 39.3 Å². The molecule has 1 aromatic heterocycles. The van der Waals surface area contributed by atoms with E-state index in [-0.39, 0.29) is 5.54 Å². The van der Waals surface area contributed by atoms with Crippen LogP contribution in [0.4, 0.5) is 5.95 Å². The lowest BCUT2D eigenvalue weighted by Crippen LogP contribution is -2.30. The number of aryl methyl sites for hydroxylation is 1. The molecule has 0 aliphatic rings. The maximum absolute atomic E-state index is 4.22.